The molecule has 3 aromatic carbocycles. The summed E-state index contributed by atoms with van der Waals surface area (Å²) in [7, 11) is 6.42. The number of nitrogens with zero attached hydrogens (tertiary/aromatic N) is 3. The van der Waals surface area contributed by atoms with Crippen LogP contribution in [0.25, 0.3) is 0 Å². The Balaban J connectivity index is 1.34. The molecule has 1 aromatic heterocycles. The van der Waals surface area contributed by atoms with Crippen molar-refractivity contribution >= 4 is 128 Å². The van der Waals surface area contributed by atoms with Crippen molar-refractivity contribution < 1.29 is 28.6 Å². The molecule has 4 aromatic rings. The van der Waals surface area contributed by atoms with Gasteiger partial charge in [0.05, 0.1) is 19.6 Å². The number of rotatable bonds is 18. The summed E-state index contributed by atoms with van der Waals surface area (Å²) in [5.41, 5.74) is 0.0976. The second-order valence-corrected chi connectivity index (χ2v) is 20.0. The minimum Gasteiger partial charge on any atom is -0.455 e. The molecule has 21 heteroatoms. The summed E-state index contributed by atoms with van der Waals surface area (Å²) < 4.78 is 20.8. The highest BCUT2D eigenvalue weighted by Crippen LogP contribution is 2.30. The molecule has 0 saturated heterocycles. The summed E-state index contributed by atoms with van der Waals surface area (Å²) in [4.78, 5) is 77.2. The van der Waals surface area contributed by atoms with Crippen LogP contribution in [-0.2, 0) is 51.1 Å². The molecule has 0 aliphatic rings. The first-order valence-electron chi connectivity index (χ1n) is 15.6. The summed E-state index contributed by atoms with van der Waals surface area (Å²) in [5, 5.41) is -1.86. The third-order valence-corrected chi connectivity index (χ3v) is 14.2. The maximum absolute atomic E-state index is 13.4. The third-order valence-electron chi connectivity index (χ3n) is 6.79. The van der Waals surface area contributed by atoms with Gasteiger partial charge in [-0.05, 0) is 53.1 Å². The fraction of sp³-hybridized carbons (Fsp3) is 0.273. The van der Waals surface area contributed by atoms with Crippen molar-refractivity contribution in [1.82, 2.24) is 13.7 Å². The number of hydrogen-bond donors (Lipinski definition) is 0. The van der Waals surface area contributed by atoms with Gasteiger partial charge < -0.3 is 14.2 Å². The van der Waals surface area contributed by atoms with Gasteiger partial charge in [-0.3, -0.25) is 0 Å². The topological polar surface area (TPSA) is 145 Å². The maximum atomic E-state index is 13.4. The molecular weight excluding hydrogens is 1010 g/mol. The summed E-state index contributed by atoms with van der Waals surface area (Å²) in [6, 6.07) is 22.9. The zero-order valence-corrected chi connectivity index (χ0v) is 37.5. The van der Waals surface area contributed by atoms with Gasteiger partial charge in [0.15, 0.2) is 0 Å². The van der Waals surface area contributed by atoms with Crippen molar-refractivity contribution in [2.45, 2.75) is 36.9 Å². The van der Waals surface area contributed by atoms with E-state index in [9.17, 15) is 28.8 Å². The van der Waals surface area contributed by atoms with E-state index < -0.39 is 33.0 Å². The maximum Gasteiger partial charge on any atom is 0.378 e. The van der Waals surface area contributed by atoms with Crippen LogP contribution in [0.1, 0.15) is 16.7 Å². The second-order valence-electron chi connectivity index (χ2n) is 10.5. The van der Waals surface area contributed by atoms with E-state index in [0.29, 0.717) is 17.3 Å². The predicted octanol–water partition coefficient (Wildman–Crippen LogP) is 9.61. The molecule has 0 fully saturated rings. The number of ether oxygens (including phenoxy) is 3. The van der Waals surface area contributed by atoms with Crippen LogP contribution in [0.15, 0.2) is 101 Å². The second kappa shape index (κ2) is 23.9. The lowest BCUT2D eigenvalue weighted by Gasteiger charge is -2.14. The first kappa shape index (κ1) is 44.7. The quantitative estimate of drug-likeness (QED) is 0.0529. The molecule has 288 valence electrons. The molecule has 0 saturated carbocycles. The summed E-state index contributed by atoms with van der Waals surface area (Å²) in [5.74, 6) is 1.63. The fourth-order valence-corrected chi connectivity index (χ4v) is 9.86. The molecular formula is C33H30Br3N3O9S6. The Labute approximate surface area is 358 Å². The molecule has 0 aliphatic carbocycles. The van der Waals surface area contributed by atoms with Gasteiger partial charge in [0.2, 0.25) is 0 Å². The normalized spacial score (nSPS) is 10.9. The molecule has 0 N–H and O–H groups in total. The molecule has 0 aliphatic heterocycles. The summed E-state index contributed by atoms with van der Waals surface area (Å²) >= 11 is 10.1. The van der Waals surface area contributed by atoms with Crippen LogP contribution in [0, 0.1) is 0 Å². The molecule has 1 heterocycles. The highest BCUT2D eigenvalue weighted by Gasteiger charge is 2.18. The first-order chi connectivity index (χ1) is 26.0. The molecule has 0 unspecified atom stereocenters. The average molecular weight is 1040 g/mol. The van der Waals surface area contributed by atoms with E-state index in [1.807, 2.05) is 72.8 Å². The fourth-order valence-electron chi connectivity index (χ4n) is 4.17. The largest absolute Gasteiger partial charge is 0.455 e. The first-order valence-corrected chi connectivity index (χ1v) is 24.9. The van der Waals surface area contributed by atoms with Gasteiger partial charge in [0, 0.05) is 63.1 Å². The van der Waals surface area contributed by atoms with E-state index >= 15 is 0 Å². The lowest BCUT2D eigenvalue weighted by Crippen LogP contribution is -2.55. The van der Waals surface area contributed by atoms with Gasteiger partial charge in [-0.15, -0.1) is 0 Å². The van der Waals surface area contributed by atoms with E-state index in [4.69, 9.17) is 14.2 Å². The molecule has 0 amide bonds. The lowest BCUT2D eigenvalue weighted by molar-refractivity contribution is 0.162. The van der Waals surface area contributed by atoms with Gasteiger partial charge in [-0.1, -0.05) is 117 Å². The van der Waals surface area contributed by atoms with Crippen LogP contribution in [0.5, 0.6) is 0 Å². The third kappa shape index (κ3) is 15.5. The van der Waals surface area contributed by atoms with Crippen LogP contribution in [-0.4, -0.2) is 49.4 Å². The minimum atomic E-state index is -0.972. The molecule has 12 nitrogen and oxygen atoms in total. The summed E-state index contributed by atoms with van der Waals surface area (Å²) in [6.07, 6.45) is 0. The number of carbonyl (C=O) groups excluding carboxylic acids is 3. The standard InChI is InChI=1S/C33H30Br3N3O9S6/c34-25-7-1-22(2-8-25)19-49-52-31(43)46-16-13-37-28(40)38(14-17-47-32(44)53-50-20-23-3-9-26(35)10-4-23)30(42)39(29(37)41)15-18-48-33(45)54-51-21-24-5-11-27(36)12-6-24/h1-12H,13-21H2. The van der Waals surface area contributed by atoms with Gasteiger partial charge in [0.25, 0.3) is 0 Å². The lowest BCUT2D eigenvalue weighted by atomic mass is 10.2. The molecule has 0 atom stereocenters. The Morgan fingerprint density at radius 1 is 0.444 bits per heavy atom. The van der Waals surface area contributed by atoms with Crippen LogP contribution in [0.3, 0.4) is 0 Å². The zero-order chi connectivity index (χ0) is 38.9. The summed E-state index contributed by atoms with van der Waals surface area (Å²) in [6.45, 7) is -2.06. The van der Waals surface area contributed by atoms with E-state index in [-0.39, 0.29) is 39.5 Å². The molecule has 0 spiro atoms. The van der Waals surface area contributed by atoms with Crippen molar-refractivity contribution in [3.63, 3.8) is 0 Å². The monoisotopic (exact) mass is 1040 g/mol. The van der Waals surface area contributed by atoms with Crippen molar-refractivity contribution in [3.05, 3.63) is 134 Å². The van der Waals surface area contributed by atoms with Crippen LogP contribution < -0.4 is 17.1 Å². The molecule has 54 heavy (non-hydrogen) atoms. The smallest absolute Gasteiger partial charge is 0.378 e. The number of hydrogen-bond acceptors (Lipinski definition) is 15. The van der Waals surface area contributed by atoms with E-state index in [0.717, 1.165) is 76.2 Å². The SMILES string of the molecule is O=C(OCCn1c(=O)n(CCOC(=O)SSCc2ccc(Br)cc2)c(=O)n(CCOC(=O)SSCc2ccc(Br)cc2)c1=O)SSCc1ccc(Br)cc1. The minimum absolute atomic E-state index is 0.333. The Bertz CT molecular complexity index is 1790. The number of benzene rings is 3. The Morgan fingerprint density at radius 2 is 0.685 bits per heavy atom. The average Bonchev–Trinajstić information content (AvgIpc) is 3.15. The van der Waals surface area contributed by atoms with Crippen LogP contribution in [0.4, 0.5) is 14.4 Å². The number of halogens is 3. The van der Waals surface area contributed by atoms with Gasteiger partial charge in [-0.25, -0.2) is 42.5 Å². The van der Waals surface area contributed by atoms with Crippen LogP contribution >= 0.6 is 113 Å². The highest BCUT2D eigenvalue weighted by atomic mass is 79.9. The van der Waals surface area contributed by atoms with Gasteiger partial charge in [0.1, 0.15) is 19.8 Å². The van der Waals surface area contributed by atoms with E-state index in [2.05, 4.69) is 47.8 Å². The highest BCUT2D eigenvalue weighted by molar-refractivity contribution is 9.11. The van der Waals surface area contributed by atoms with Crippen LogP contribution in [0.2, 0.25) is 0 Å². The molecule has 0 radical (unpaired) electrons. The molecule has 4 rings (SSSR count). The van der Waals surface area contributed by atoms with Gasteiger partial charge in [-0.2, -0.15) is 0 Å². The number of aromatic nitrogens is 3. The zero-order valence-electron chi connectivity index (χ0n) is 27.9. The molecule has 0 bridgehead atoms. The number of carbonyl (C=O) groups is 3. The van der Waals surface area contributed by atoms with Gasteiger partial charge >= 0.3 is 33.0 Å². The van der Waals surface area contributed by atoms with Crippen molar-refractivity contribution in [2.24, 2.45) is 0 Å². The van der Waals surface area contributed by atoms with Crippen molar-refractivity contribution in [2.75, 3.05) is 19.8 Å². The Morgan fingerprint density at radius 3 is 0.926 bits per heavy atom. The Kier molecular flexibility index (Phi) is 19.8. The van der Waals surface area contributed by atoms with Crippen molar-refractivity contribution in [3.8, 4) is 0 Å². The Hall–Kier alpha value is -1.98. The van der Waals surface area contributed by atoms with E-state index in [1.54, 1.807) is 0 Å². The van der Waals surface area contributed by atoms with Crippen molar-refractivity contribution in [1.29, 1.82) is 0 Å². The predicted molar refractivity (Wildman–Crippen MR) is 232 cm³/mol. The van der Waals surface area contributed by atoms with E-state index in [1.165, 1.54) is 32.4 Å².